The van der Waals surface area contributed by atoms with Crippen LogP contribution in [0.3, 0.4) is 0 Å². The maximum absolute atomic E-state index is 12.4. The molecule has 0 saturated heterocycles. The van der Waals surface area contributed by atoms with Gasteiger partial charge in [0.2, 0.25) is 0 Å². The van der Waals surface area contributed by atoms with Crippen molar-refractivity contribution in [2.75, 3.05) is 12.3 Å². The number of amides is 1. The number of hydrogen-bond acceptors (Lipinski definition) is 4. The molecular weight excluding hydrogens is 328 g/mol. The summed E-state index contributed by atoms with van der Waals surface area (Å²) in [5, 5.41) is 2.76. The quantitative estimate of drug-likeness (QED) is 0.411. The minimum absolute atomic E-state index is 0.280. The molecule has 1 amide bonds. The van der Waals surface area contributed by atoms with E-state index in [0.717, 1.165) is 19.3 Å². The lowest BCUT2D eigenvalue weighted by atomic mass is 10.0. The number of carbonyl (C=O) groups is 2. The molecule has 0 aromatic heterocycles. The van der Waals surface area contributed by atoms with E-state index in [2.05, 4.69) is 17.4 Å². The molecule has 0 aliphatic heterocycles. The highest BCUT2D eigenvalue weighted by Crippen LogP contribution is 2.13. The zero-order valence-corrected chi connectivity index (χ0v) is 15.1. The standard InChI is InChI=1S/C21H26N2O3/c1-2-26-21(25)19(15-9-6-12-16-10-4-3-5-11-16)23-20(24)17-13-7-8-14-18(17)22/h3-5,7-8,10-11,13-14,19H,2,6,9,12,15,22H2,1H3,(H,23,24). The fraction of sp³-hybridized carbons (Fsp3) is 0.333. The summed E-state index contributed by atoms with van der Waals surface area (Å²) in [6.45, 7) is 2.03. The smallest absolute Gasteiger partial charge is 0.328 e. The van der Waals surface area contributed by atoms with Gasteiger partial charge in [-0.2, -0.15) is 0 Å². The van der Waals surface area contributed by atoms with Crippen molar-refractivity contribution < 1.29 is 14.3 Å². The molecule has 5 heteroatoms. The van der Waals surface area contributed by atoms with E-state index in [1.807, 2.05) is 18.2 Å². The lowest BCUT2D eigenvalue weighted by molar-refractivity contribution is -0.145. The number of nitrogens with one attached hydrogen (secondary N) is 1. The van der Waals surface area contributed by atoms with E-state index in [0.29, 0.717) is 17.7 Å². The van der Waals surface area contributed by atoms with E-state index in [1.54, 1.807) is 31.2 Å². The Morgan fingerprint density at radius 3 is 2.42 bits per heavy atom. The Bertz CT molecular complexity index is 716. The molecule has 3 N–H and O–H groups in total. The Labute approximate surface area is 154 Å². The van der Waals surface area contributed by atoms with Crippen LogP contribution in [0.4, 0.5) is 5.69 Å². The van der Waals surface area contributed by atoms with Gasteiger partial charge in [0.05, 0.1) is 12.2 Å². The molecule has 0 saturated carbocycles. The van der Waals surface area contributed by atoms with E-state index >= 15 is 0 Å². The number of nitrogen functional groups attached to an aromatic ring is 1. The molecule has 26 heavy (non-hydrogen) atoms. The molecule has 1 atom stereocenters. The van der Waals surface area contributed by atoms with Crippen LogP contribution in [0.5, 0.6) is 0 Å². The highest BCUT2D eigenvalue weighted by Gasteiger charge is 2.23. The van der Waals surface area contributed by atoms with E-state index in [4.69, 9.17) is 10.5 Å². The van der Waals surface area contributed by atoms with Crippen molar-refractivity contribution in [1.82, 2.24) is 5.32 Å². The van der Waals surface area contributed by atoms with Crippen LogP contribution < -0.4 is 11.1 Å². The summed E-state index contributed by atoms with van der Waals surface area (Å²) in [4.78, 5) is 24.6. The summed E-state index contributed by atoms with van der Waals surface area (Å²) >= 11 is 0. The van der Waals surface area contributed by atoms with Gasteiger partial charge in [0.25, 0.3) is 5.91 Å². The first-order chi connectivity index (χ1) is 12.6. The predicted molar refractivity (Wildman–Crippen MR) is 103 cm³/mol. The van der Waals surface area contributed by atoms with Gasteiger partial charge in [-0.15, -0.1) is 0 Å². The fourth-order valence-corrected chi connectivity index (χ4v) is 2.75. The summed E-state index contributed by atoms with van der Waals surface area (Å²) < 4.78 is 5.10. The Kier molecular flexibility index (Phi) is 7.68. The van der Waals surface area contributed by atoms with Crippen molar-refractivity contribution in [2.24, 2.45) is 0 Å². The number of benzene rings is 2. The monoisotopic (exact) mass is 354 g/mol. The molecule has 0 aliphatic carbocycles. The van der Waals surface area contributed by atoms with Crippen LogP contribution in [0.2, 0.25) is 0 Å². The first kappa shape index (κ1) is 19.5. The molecule has 0 aliphatic rings. The lowest BCUT2D eigenvalue weighted by Crippen LogP contribution is -2.42. The zero-order valence-electron chi connectivity index (χ0n) is 15.1. The molecule has 1 unspecified atom stereocenters. The van der Waals surface area contributed by atoms with E-state index in [-0.39, 0.29) is 12.5 Å². The fourth-order valence-electron chi connectivity index (χ4n) is 2.75. The van der Waals surface area contributed by atoms with Crippen LogP contribution in [0.15, 0.2) is 54.6 Å². The maximum atomic E-state index is 12.4. The van der Waals surface area contributed by atoms with Crippen LogP contribution in [0, 0.1) is 0 Å². The summed E-state index contributed by atoms with van der Waals surface area (Å²) in [5.74, 6) is -0.765. The van der Waals surface area contributed by atoms with Crippen molar-refractivity contribution in [3.05, 3.63) is 65.7 Å². The van der Waals surface area contributed by atoms with Crippen molar-refractivity contribution in [3.63, 3.8) is 0 Å². The SMILES string of the molecule is CCOC(=O)C(CCCCc1ccccc1)NC(=O)c1ccccc1N. The number of hydrogen-bond donors (Lipinski definition) is 2. The van der Waals surface area contributed by atoms with Crippen molar-refractivity contribution in [2.45, 2.75) is 38.6 Å². The third-order valence-electron chi connectivity index (χ3n) is 4.13. The third-order valence-corrected chi connectivity index (χ3v) is 4.13. The van der Waals surface area contributed by atoms with Crippen LogP contribution in [0.1, 0.15) is 42.1 Å². The number of aryl methyl sites for hydroxylation is 1. The largest absolute Gasteiger partial charge is 0.464 e. The summed E-state index contributed by atoms with van der Waals surface area (Å²) in [5.41, 5.74) is 7.86. The van der Waals surface area contributed by atoms with Crippen LogP contribution in [0.25, 0.3) is 0 Å². The van der Waals surface area contributed by atoms with Gasteiger partial charge in [-0.3, -0.25) is 4.79 Å². The van der Waals surface area contributed by atoms with E-state index < -0.39 is 12.0 Å². The molecule has 0 radical (unpaired) electrons. The molecule has 0 spiro atoms. The van der Waals surface area contributed by atoms with Gasteiger partial charge in [0, 0.05) is 5.69 Å². The van der Waals surface area contributed by atoms with Gasteiger partial charge in [-0.1, -0.05) is 48.9 Å². The highest BCUT2D eigenvalue weighted by atomic mass is 16.5. The van der Waals surface area contributed by atoms with Gasteiger partial charge in [-0.05, 0) is 43.9 Å². The zero-order chi connectivity index (χ0) is 18.8. The first-order valence-corrected chi connectivity index (χ1v) is 8.97. The molecule has 0 fully saturated rings. The number of nitrogens with two attached hydrogens (primary N) is 1. The molecule has 2 rings (SSSR count). The number of carbonyl (C=O) groups excluding carboxylic acids is 2. The predicted octanol–water partition coefficient (Wildman–Crippen LogP) is 3.34. The Morgan fingerprint density at radius 1 is 1.04 bits per heavy atom. The van der Waals surface area contributed by atoms with Gasteiger partial charge < -0.3 is 15.8 Å². The molecule has 0 heterocycles. The van der Waals surface area contributed by atoms with E-state index in [1.165, 1.54) is 5.56 Å². The Hall–Kier alpha value is -2.82. The van der Waals surface area contributed by atoms with Crippen LogP contribution >= 0.6 is 0 Å². The summed E-state index contributed by atoms with van der Waals surface area (Å²) in [6.07, 6.45) is 3.21. The molecule has 2 aromatic carbocycles. The van der Waals surface area contributed by atoms with Crippen molar-refractivity contribution in [3.8, 4) is 0 Å². The number of unbranched alkanes of at least 4 members (excludes halogenated alkanes) is 1. The maximum Gasteiger partial charge on any atom is 0.328 e. The lowest BCUT2D eigenvalue weighted by Gasteiger charge is -2.18. The molecule has 2 aromatic rings. The summed E-state index contributed by atoms with van der Waals surface area (Å²) in [7, 11) is 0. The topological polar surface area (TPSA) is 81.4 Å². The van der Waals surface area contributed by atoms with Gasteiger partial charge >= 0.3 is 5.97 Å². The minimum atomic E-state index is -0.669. The van der Waals surface area contributed by atoms with E-state index in [9.17, 15) is 9.59 Å². The number of anilines is 1. The number of esters is 1. The normalized spacial score (nSPS) is 11.6. The Morgan fingerprint density at radius 2 is 1.73 bits per heavy atom. The van der Waals surface area contributed by atoms with Gasteiger partial charge in [0.15, 0.2) is 0 Å². The van der Waals surface area contributed by atoms with Crippen LogP contribution in [-0.2, 0) is 16.0 Å². The highest BCUT2D eigenvalue weighted by molar-refractivity contribution is 6.00. The average molecular weight is 354 g/mol. The van der Waals surface area contributed by atoms with Gasteiger partial charge in [-0.25, -0.2) is 4.79 Å². The second-order valence-corrected chi connectivity index (χ2v) is 6.10. The van der Waals surface area contributed by atoms with Crippen molar-refractivity contribution in [1.29, 1.82) is 0 Å². The molecule has 0 bridgehead atoms. The van der Waals surface area contributed by atoms with Gasteiger partial charge in [0.1, 0.15) is 6.04 Å². The minimum Gasteiger partial charge on any atom is -0.464 e. The summed E-state index contributed by atoms with van der Waals surface area (Å²) in [6, 6.07) is 16.3. The number of para-hydroxylation sites is 1. The first-order valence-electron chi connectivity index (χ1n) is 8.97. The number of rotatable bonds is 9. The molecule has 138 valence electrons. The average Bonchev–Trinajstić information content (AvgIpc) is 2.65. The Balaban J connectivity index is 1.92. The molecular formula is C21H26N2O3. The van der Waals surface area contributed by atoms with Crippen LogP contribution in [-0.4, -0.2) is 24.5 Å². The second-order valence-electron chi connectivity index (χ2n) is 6.10. The second kappa shape index (κ2) is 10.2. The van der Waals surface area contributed by atoms with Crippen molar-refractivity contribution >= 4 is 17.6 Å². The molecule has 5 nitrogen and oxygen atoms in total. The number of ether oxygens (including phenoxy) is 1. The third kappa shape index (κ3) is 5.92.